The first kappa shape index (κ1) is 21.5. The molecule has 0 aromatic heterocycles. The van der Waals surface area contributed by atoms with Gasteiger partial charge in [0.1, 0.15) is 11.5 Å². The summed E-state index contributed by atoms with van der Waals surface area (Å²) < 4.78 is 10.5. The minimum atomic E-state index is -0.787. The molecule has 158 valence electrons. The molecule has 3 aromatic rings. The van der Waals surface area contributed by atoms with Crippen molar-refractivity contribution in [3.05, 3.63) is 66.2 Å². The van der Waals surface area contributed by atoms with Gasteiger partial charge in [-0.05, 0) is 30.0 Å². The maximum atomic E-state index is 12.2. The number of aliphatic hydroxyl groups excluding tert-OH is 1. The third-order valence-electron chi connectivity index (χ3n) is 5.00. The topological polar surface area (TPSA) is 79.8 Å². The van der Waals surface area contributed by atoms with E-state index in [1.165, 1.54) is 5.39 Å². The Hall–Kier alpha value is -3.25. The van der Waals surface area contributed by atoms with E-state index in [0.717, 1.165) is 11.1 Å². The fraction of sp³-hybridized carbons (Fsp3) is 0.292. The number of fused-ring (bicyclic) bond motifs is 1. The van der Waals surface area contributed by atoms with Gasteiger partial charge in [0.25, 0.3) is 0 Å². The predicted octanol–water partition coefficient (Wildman–Crippen LogP) is 3.90. The standard InChI is InChI=1S/C24H28N2O4/c1-29-18-10-11-20(23(16-18)30-2)22(27)12-13-24(28)26-15-14-25-21-9-5-7-17-6-3-4-8-19(17)21/h3-11,16,22,25,27H,12-15H2,1-2H3,(H,26,28). The lowest BCUT2D eigenvalue weighted by atomic mass is 10.0. The third-order valence-corrected chi connectivity index (χ3v) is 5.00. The predicted molar refractivity (Wildman–Crippen MR) is 119 cm³/mol. The molecule has 0 radical (unpaired) electrons. The highest BCUT2D eigenvalue weighted by Gasteiger charge is 2.15. The van der Waals surface area contributed by atoms with Crippen molar-refractivity contribution in [1.29, 1.82) is 0 Å². The zero-order valence-corrected chi connectivity index (χ0v) is 17.4. The van der Waals surface area contributed by atoms with Crippen molar-refractivity contribution < 1.29 is 19.4 Å². The van der Waals surface area contributed by atoms with Gasteiger partial charge in [0.15, 0.2) is 0 Å². The van der Waals surface area contributed by atoms with Crippen molar-refractivity contribution in [2.24, 2.45) is 0 Å². The Morgan fingerprint density at radius 3 is 2.60 bits per heavy atom. The van der Waals surface area contributed by atoms with Crippen molar-refractivity contribution in [2.45, 2.75) is 18.9 Å². The lowest BCUT2D eigenvalue weighted by Crippen LogP contribution is -2.28. The van der Waals surface area contributed by atoms with E-state index in [1.54, 1.807) is 32.4 Å². The van der Waals surface area contributed by atoms with E-state index in [-0.39, 0.29) is 12.3 Å². The van der Waals surface area contributed by atoms with Gasteiger partial charge in [-0.3, -0.25) is 4.79 Å². The Kier molecular flexibility index (Phi) is 7.51. The molecule has 3 rings (SSSR count). The summed E-state index contributed by atoms with van der Waals surface area (Å²) in [5, 5.41) is 19.0. The summed E-state index contributed by atoms with van der Waals surface area (Å²) in [4.78, 5) is 12.2. The molecule has 0 aliphatic carbocycles. The van der Waals surface area contributed by atoms with Gasteiger partial charge in [-0.1, -0.05) is 36.4 Å². The first-order valence-corrected chi connectivity index (χ1v) is 10.0. The number of carbonyl (C=O) groups excluding carboxylic acids is 1. The number of anilines is 1. The van der Waals surface area contributed by atoms with E-state index in [0.29, 0.717) is 36.6 Å². The van der Waals surface area contributed by atoms with Crippen LogP contribution < -0.4 is 20.1 Å². The van der Waals surface area contributed by atoms with E-state index >= 15 is 0 Å². The Labute approximate surface area is 176 Å². The highest BCUT2D eigenvalue weighted by molar-refractivity contribution is 5.93. The number of nitrogens with one attached hydrogen (secondary N) is 2. The number of hydrogen-bond donors (Lipinski definition) is 3. The van der Waals surface area contributed by atoms with Gasteiger partial charge in [-0.15, -0.1) is 0 Å². The van der Waals surface area contributed by atoms with Gasteiger partial charge in [-0.2, -0.15) is 0 Å². The monoisotopic (exact) mass is 408 g/mol. The summed E-state index contributed by atoms with van der Waals surface area (Å²) in [5.41, 5.74) is 1.69. The third kappa shape index (κ3) is 5.42. The van der Waals surface area contributed by atoms with E-state index in [2.05, 4.69) is 28.8 Å². The molecular weight excluding hydrogens is 380 g/mol. The fourth-order valence-electron chi connectivity index (χ4n) is 3.38. The smallest absolute Gasteiger partial charge is 0.220 e. The van der Waals surface area contributed by atoms with Crippen LogP contribution in [0.25, 0.3) is 10.8 Å². The average molecular weight is 408 g/mol. The van der Waals surface area contributed by atoms with Gasteiger partial charge in [0, 0.05) is 42.2 Å². The van der Waals surface area contributed by atoms with Crippen LogP contribution in [0.1, 0.15) is 24.5 Å². The fourth-order valence-corrected chi connectivity index (χ4v) is 3.38. The lowest BCUT2D eigenvalue weighted by Gasteiger charge is -2.16. The first-order chi connectivity index (χ1) is 14.6. The molecule has 0 saturated carbocycles. The summed E-state index contributed by atoms with van der Waals surface area (Å²) in [6.45, 7) is 1.12. The molecule has 0 fully saturated rings. The van der Waals surface area contributed by atoms with Crippen molar-refractivity contribution in [3.63, 3.8) is 0 Å². The molecule has 0 saturated heterocycles. The number of amides is 1. The Morgan fingerprint density at radius 1 is 1.00 bits per heavy atom. The molecule has 6 nitrogen and oxygen atoms in total. The zero-order chi connectivity index (χ0) is 21.3. The van der Waals surface area contributed by atoms with E-state index < -0.39 is 6.10 Å². The van der Waals surface area contributed by atoms with E-state index in [4.69, 9.17) is 9.47 Å². The average Bonchev–Trinajstić information content (AvgIpc) is 2.79. The number of carbonyl (C=O) groups is 1. The van der Waals surface area contributed by atoms with Gasteiger partial charge in [0.05, 0.1) is 20.3 Å². The second-order valence-electron chi connectivity index (χ2n) is 6.97. The maximum absolute atomic E-state index is 12.2. The molecule has 6 heteroatoms. The van der Waals surface area contributed by atoms with Crippen LogP contribution in [0.3, 0.4) is 0 Å². The molecule has 3 aromatic carbocycles. The molecule has 0 aliphatic heterocycles. The van der Waals surface area contributed by atoms with Crippen molar-refractivity contribution in [1.82, 2.24) is 5.32 Å². The van der Waals surface area contributed by atoms with Crippen LogP contribution in [0.2, 0.25) is 0 Å². The van der Waals surface area contributed by atoms with Crippen molar-refractivity contribution in [3.8, 4) is 11.5 Å². The highest BCUT2D eigenvalue weighted by atomic mass is 16.5. The quantitative estimate of drug-likeness (QED) is 0.444. The summed E-state index contributed by atoms with van der Waals surface area (Å²) >= 11 is 0. The molecule has 1 atom stereocenters. The summed E-state index contributed by atoms with van der Waals surface area (Å²) in [5.74, 6) is 1.10. The number of rotatable bonds is 10. The summed E-state index contributed by atoms with van der Waals surface area (Å²) in [6.07, 6.45) is -0.249. The Morgan fingerprint density at radius 2 is 1.80 bits per heavy atom. The number of benzene rings is 3. The maximum Gasteiger partial charge on any atom is 0.220 e. The largest absolute Gasteiger partial charge is 0.497 e. The lowest BCUT2D eigenvalue weighted by molar-refractivity contribution is -0.121. The van der Waals surface area contributed by atoms with Gasteiger partial charge < -0.3 is 25.2 Å². The molecule has 1 amide bonds. The Balaban J connectivity index is 1.44. The molecule has 0 heterocycles. The molecule has 0 bridgehead atoms. The highest BCUT2D eigenvalue weighted by Crippen LogP contribution is 2.31. The van der Waals surface area contributed by atoms with Crippen molar-refractivity contribution >= 4 is 22.4 Å². The minimum absolute atomic E-state index is 0.0961. The number of methoxy groups -OCH3 is 2. The molecule has 0 aliphatic rings. The van der Waals surface area contributed by atoms with E-state index in [9.17, 15) is 9.90 Å². The van der Waals surface area contributed by atoms with Crippen LogP contribution in [-0.2, 0) is 4.79 Å². The van der Waals surface area contributed by atoms with E-state index in [1.807, 2.05) is 24.3 Å². The van der Waals surface area contributed by atoms with Crippen LogP contribution >= 0.6 is 0 Å². The van der Waals surface area contributed by atoms with Crippen LogP contribution in [-0.4, -0.2) is 38.3 Å². The SMILES string of the molecule is COc1ccc(C(O)CCC(=O)NCCNc2cccc3ccccc23)c(OC)c1. The van der Waals surface area contributed by atoms with Gasteiger partial charge in [-0.25, -0.2) is 0 Å². The minimum Gasteiger partial charge on any atom is -0.497 e. The second-order valence-corrected chi connectivity index (χ2v) is 6.97. The first-order valence-electron chi connectivity index (χ1n) is 10.0. The summed E-state index contributed by atoms with van der Waals surface area (Å²) in [7, 11) is 3.12. The normalized spacial score (nSPS) is 11.7. The summed E-state index contributed by atoms with van der Waals surface area (Å²) in [6, 6.07) is 19.5. The van der Waals surface area contributed by atoms with Gasteiger partial charge in [0.2, 0.25) is 5.91 Å². The van der Waals surface area contributed by atoms with Gasteiger partial charge >= 0.3 is 0 Å². The Bertz CT molecular complexity index is 985. The molecular formula is C24H28N2O4. The number of ether oxygens (including phenoxy) is 2. The van der Waals surface area contributed by atoms with Crippen LogP contribution in [0, 0.1) is 0 Å². The molecule has 1 unspecified atom stereocenters. The number of aliphatic hydroxyl groups is 1. The van der Waals surface area contributed by atoms with Crippen LogP contribution in [0.5, 0.6) is 11.5 Å². The second kappa shape index (κ2) is 10.5. The molecule has 30 heavy (non-hydrogen) atoms. The number of hydrogen-bond acceptors (Lipinski definition) is 5. The van der Waals surface area contributed by atoms with Crippen LogP contribution in [0.4, 0.5) is 5.69 Å². The zero-order valence-electron chi connectivity index (χ0n) is 17.4. The molecule has 3 N–H and O–H groups in total. The molecule has 0 spiro atoms. The van der Waals surface area contributed by atoms with Crippen molar-refractivity contribution in [2.75, 3.05) is 32.6 Å². The van der Waals surface area contributed by atoms with Crippen LogP contribution in [0.15, 0.2) is 60.7 Å².